The molecule has 2 unspecified atom stereocenters. The molecule has 0 bridgehead atoms. The lowest BCUT2D eigenvalue weighted by molar-refractivity contribution is -0.122. The van der Waals surface area contributed by atoms with Gasteiger partial charge in [0.1, 0.15) is 0 Å². The Bertz CT molecular complexity index is 509. The van der Waals surface area contributed by atoms with Crippen LogP contribution in [0.2, 0.25) is 0 Å². The topological polar surface area (TPSA) is 46.3 Å². The van der Waals surface area contributed by atoms with Gasteiger partial charge in [0, 0.05) is 24.2 Å². The normalized spacial score (nSPS) is 26.1. The summed E-state index contributed by atoms with van der Waals surface area (Å²) in [6.07, 6.45) is 8.00. The van der Waals surface area contributed by atoms with E-state index in [1.807, 2.05) is 23.1 Å². The fourth-order valence-corrected chi connectivity index (χ4v) is 3.07. The Balaban J connectivity index is 1.88. The van der Waals surface area contributed by atoms with Crippen LogP contribution in [0.25, 0.3) is 0 Å². The molecule has 1 aliphatic carbocycles. The Labute approximate surface area is 114 Å². The summed E-state index contributed by atoms with van der Waals surface area (Å²) in [5, 5.41) is 0. The fourth-order valence-electron chi connectivity index (χ4n) is 3.07. The van der Waals surface area contributed by atoms with Crippen molar-refractivity contribution in [2.45, 2.75) is 31.7 Å². The zero-order valence-corrected chi connectivity index (χ0v) is 11.1. The van der Waals surface area contributed by atoms with E-state index in [1.165, 1.54) is 5.56 Å². The standard InChI is InChI=1S/C16H20N2O/c17-14-10-13-8-4-5-9-15(13)18(11-14)16(19)12-6-2-1-3-7-12/h1-2,4-5,8-9,12,14H,3,6-7,10-11,17H2. The lowest BCUT2D eigenvalue weighted by atomic mass is 9.91. The first-order chi connectivity index (χ1) is 9.25. The Morgan fingerprint density at radius 1 is 1.26 bits per heavy atom. The van der Waals surface area contributed by atoms with Gasteiger partial charge in [-0.15, -0.1) is 0 Å². The molecular formula is C16H20N2O. The Morgan fingerprint density at radius 2 is 2.11 bits per heavy atom. The third-order valence-electron chi connectivity index (χ3n) is 4.07. The van der Waals surface area contributed by atoms with Gasteiger partial charge in [0.05, 0.1) is 0 Å². The molecule has 3 heteroatoms. The number of fused-ring (bicyclic) bond motifs is 1. The molecule has 3 nitrogen and oxygen atoms in total. The van der Waals surface area contributed by atoms with E-state index in [0.717, 1.165) is 31.4 Å². The van der Waals surface area contributed by atoms with E-state index < -0.39 is 0 Å². The number of rotatable bonds is 1. The second-order valence-electron chi connectivity index (χ2n) is 5.52. The minimum Gasteiger partial charge on any atom is -0.326 e. The number of benzene rings is 1. The highest BCUT2D eigenvalue weighted by atomic mass is 16.2. The fraction of sp³-hybridized carbons (Fsp3) is 0.438. The van der Waals surface area contributed by atoms with Gasteiger partial charge in [-0.2, -0.15) is 0 Å². The van der Waals surface area contributed by atoms with Crippen molar-refractivity contribution in [3.63, 3.8) is 0 Å². The van der Waals surface area contributed by atoms with Crippen molar-refractivity contribution in [3.05, 3.63) is 42.0 Å². The highest BCUT2D eigenvalue weighted by Crippen LogP contribution is 2.30. The van der Waals surface area contributed by atoms with Crippen molar-refractivity contribution in [1.82, 2.24) is 0 Å². The number of nitrogens with zero attached hydrogens (tertiary/aromatic N) is 1. The maximum atomic E-state index is 12.7. The second-order valence-corrected chi connectivity index (χ2v) is 5.52. The van der Waals surface area contributed by atoms with Crippen LogP contribution < -0.4 is 10.6 Å². The predicted molar refractivity (Wildman–Crippen MR) is 77.0 cm³/mol. The van der Waals surface area contributed by atoms with E-state index in [0.29, 0.717) is 6.54 Å². The first kappa shape index (κ1) is 12.4. The SMILES string of the molecule is NC1Cc2ccccc2N(C(=O)C2CC=CCC2)C1. The van der Waals surface area contributed by atoms with Gasteiger partial charge in [-0.3, -0.25) is 4.79 Å². The number of allylic oxidation sites excluding steroid dienone is 2. The van der Waals surface area contributed by atoms with E-state index in [1.54, 1.807) is 0 Å². The van der Waals surface area contributed by atoms with Crippen molar-refractivity contribution < 1.29 is 4.79 Å². The van der Waals surface area contributed by atoms with Crippen molar-refractivity contribution >= 4 is 11.6 Å². The molecule has 1 heterocycles. The number of carbonyl (C=O) groups is 1. The van der Waals surface area contributed by atoms with Crippen LogP contribution in [0.5, 0.6) is 0 Å². The van der Waals surface area contributed by atoms with E-state index in [2.05, 4.69) is 18.2 Å². The monoisotopic (exact) mass is 256 g/mol. The van der Waals surface area contributed by atoms with Crippen LogP contribution in [-0.4, -0.2) is 18.5 Å². The Morgan fingerprint density at radius 3 is 2.89 bits per heavy atom. The molecule has 1 amide bonds. The molecule has 0 saturated heterocycles. The summed E-state index contributed by atoms with van der Waals surface area (Å²) in [6, 6.07) is 8.19. The maximum absolute atomic E-state index is 12.7. The summed E-state index contributed by atoms with van der Waals surface area (Å²) in [6.45, 7) is 0.649. The average molecular weight is 256 g/mol. The maximum Gasteiger partial charge on any atom is 0.230 e. The molecule has 19 heavy (non-hydrogen) atoms. The largest absolute Gasteiger partial charge is 0.326 e. The number of hydrogen-bond donors (Lipinski definition) is 1. The molecule has 0 aromatic heterocycles. The van der Waals surface area contributed by atoms with Crippen LogP contribution in [-0.2, 0) is 11.2 Å². The molecular weight excluding hydrogens is 236 g/mol. The third-order valence-corrected chi connectivity index (χ3v) is 4.07. The van der Waals surface area contributed by atoms with Crippen molar-refractivity contribution in [3.8, 4) is 0 Å². The zero-order valence-electron chi connectivity index (χ0n) is 11.1. The summed E-state index contributed by atoms with van der Waals surface area (Å²) in [5.41, 5.74) is 8.35. The van der Waals surface area contributed by atoms with Gasteiger partial charge in [0.15, 0.2) is 0 Å². The van der Waals surface area contributed by atoms with E-state index in [9.17, 15) is 4.79 Å². The lowest BCUT2D eigenvalue weighted by Crippen LogP contribution is -2.48. The van der Waals surface area contributed by atoms with Gasteiger partial charge in [-0.1, -0.05) is 30.4 Å². The van der Waals surface area contributed by atoms with Crippen LogP contribution in [0.15, 0.2) is 36.4 Å². The molecule has 1 aromatic rings. The van der Waals surface area contributed by atoms with Gasteiger partial charge < -0.3 is 10.6 Å². The van der Waals surface area contributed by atoms with Crippen LogP contribution in [0.3, 0.4) is 0 Å². The Kier molecular flexibility index (Phi) is 3.38. The molecule has 1 aromatic carbocycles. The van der Waals surface area contributed by atoms with Crippen LogP contribution in [0.4, 0.5) is 5.69 Å². The quantitative estimate of drug-likeness (QED) is 0.783. The highest BCUT2D eigenvalue weighted by molar-refractivity contribution is 5.96. The minimum atomic E-state index is 0.0537. The average Bonchev–Trinajstić information content (AvgIpc) is 2.46. The van der Waals surface area contributed by atoms with E-state index in [4.69, 9.17) is 5.73 Å². The molecule has 2 aliphatic rings. The zero-order chi connectivity index (χ0) is 13.2. The van der Waals surface area contributed by atoms with Gasteiger partial charge in [0.2, 0.25) is 5.91 Å². The van der Waals surface area contributed by atoms with Crippen LogP contribution in [0, 0.1) is 5.92 Å². The number of amides is 1. The van der Waals surface area contributed by atoms with Gasteiger partial charge in [-0.05, 0) is 37.3 Å². The summed E-state index contributed by atoms with van der Waals surface area (Å²) in [5.74, 6) is 0.371. The number of anilines is 1. The summed E-state index contributed by atoms with van der Waals surface area (Å²) >= 11 is 0. The molecule has 0 saturated carbocycles. The van der Waals surface area contributed by atoms with Crippen LogP contribution in [0.1, 0.15) is 24.8 Å². The molecule has 0 spiro atoms. The smallest absolute Gasteiger partial charge is 0.230 e. The van der Waals surface area contributed by atoms with E-state index >= 15 is 0 Å². The molecule has 2 atom stereocenters. The van der Waals surface area contributed by atoms with Crippen molar-refractivity contribution in [2.75, 3.05) is 11.4 Å². The summed E-state index contributed by atoms with van der Waals surface area (Å²) < 4.78 is 0. The number of hydrogen-bond acceptors (Lipinski definition) is 2. The second kappa shape index (κ2) is 5.17. The minimum absolute atomic E-state index is 0.0537. The summed E-state index contributed by atoms with van der Waals surface area (Å²) in [7, 11) is 0. The third kappa shape index (κ3) is 2.43. The molecule has 3 rings (SSSR count). The molecule has 2 N–H and O–H groups in total. The van der Waals surface area contributed by atoms with E-state index in [-0.39, 0.29) is 17.9 Å². The number of carbonyl (C=O) groups excluding carboxylic acids is 1. The van der Waals surface area contributed by atoms with Crippen LogP contribution >= 0.6 is 0 Å². The molecule has 100 valence electrons. The van der Waals surface area contributed by atoms with Gasteiger partial charge >= 0.3 is 0 Å². The molecule has 1 aliphatic heterocycles. The van der Waals surface area contributed by atoms with Crippen molar-refractivity contribution in [2.24, 2.45) is 11.7 Å². The molecule has 0 radical (unpaired) electrons. The Hall–Kier alpha value is -1.61. The first-order valence-corrected chi connectivity index (χ1v) is 7.05. The highest BCUT2D eigenvalue weighted by Gasteiger charge is 2.30. The van der Waals surface area contributed by atoms with Crippen molar-refractivity contribution in [1.29, 1.82) is 0 Å². The lowest BCUT2D eigenvalue weighted by Gasteiger charge is -2.35. The number of nitrogens with two attached hydrogens (primary N) is 1. The first-order valence-electron chi connectivity index (χ1n) is 7.05. The predicted octanol–water partition coefficient (Wildman–Crippen LogP) is 2.26. The summed E-state index contributed by atoms with van der Waals surface area (Å²) in [4.78, 5) is 14.6. The van der Waals surface area contributed by atoms with Gasteiger partial charge in [0.25, 0.3) is 0 Å². The number of para-hydroxylation sites is 1. The van der Waals surface area contributed by atoms with Gasteiger partial charge in [-0.25, -0.2) is 0 Å². The molecule has 0 fully saturated rings.